The van der Waals surface area contributed by atoms with Gasteiger partial charge in [0.1, 0.15) is 5.82 Å². The van der Waals surface area contributed by atoms with Gasteiger partial charge in [-0.15, -0.1) is 0 Å². The van der Waals surface area contributed by atoms with Crippen LogP contribution in [0.2, 0.25) is 0 Å². The van der Waals surface area contributed by atoms with Crippen molar-refractivity contribution in [1.82, 2.24) is 19.7 Å². The number of pyridine rings is 1. The number of anilines is 1. The van der Waals surface area contributed by atoms with Crippen molar-refractivity contribution in [1.29, 1.82) is 0 Å². The normalized spacial score (nSPS) is 14.4. The molecule has 3 rings (SSSR count). The fourth-order valence-corrected chi connectivity index (χ4v) is 3.29. The molecule has 8 nitrogen and oxygen atoms in total. The number of hydrogen-bond acceptors (Lipinski definition) is 6. The van der Waals surface area contributed by atoms with Gasteiger partial charge in [0, 0.05) is 45.1 Å². The molecule has 0 unspecified atom stereocenters. The Hall–Kier alpha value is -2.90. The van der Waals surface area contributed by atoms with Crippen LogP contribution in [0.4, 0.5) is 5.82 Å². The lowest BCUT2D eigenvalue weighted by molar-refractivity contribution is 0.0525. The van der Waals surface area contributed by atoms with E-state index in [0.717, 1.165) is 17.2 Å². The third-order valence-corrected chi connectivity index (χ3v) is 4.87. The molecule has 1 aliphatic rings. The van der Waals surface area contributed by atoms with Gasteiger partial charge in [-0.2, -0.15) is 5.10 Å². The first-order chi connectivity index (χ1) is 12.9. The number of carbonyl (C=O) groups excluding carboxylic acids is 2. The van der Waals surface area contributed by atoms with Crippen LogP contribution >= 0.6 is 0 Å². The zero-order valence-electron chi connectivity index (χ0n) is 16.2. The lowest BCUT2D eigenvalue weighted by atomic mass is 10.1. The number of piperazine rings is 1. The van der Waals surface area contributed by atoms with Gasteiger partial charge in [-0.1, -0.05) is 0 Å². The van der Waals surface area contributed by atoms with Crippen molar-refractivity contribution in [2.45, 2.75) is 20.8 Å². The number of aryl methyl sites for hydroxylation is 2. The zero-order chi connectivity index (χ0) is 19.6. The molecule has 0 aromatic carbocycles. The minimum atomic E-state index is -0.367. The van der Waals surface area contributed by atoms with E-state index >= 15 is 0 Å². The number of ether oxygens (including phenoxy) is 1. The summed E-state index contributed by atoms with van der Waals surface area (Å²) in [5.41, 5.74) is 2.79. The number of esters is 1. The molecule has 0 spiro atoms. The summed E-state index contributed by atoms with van der Waals surface area (Å²) in [5.74, 6) is 0.460. The average Bonchev–Trinajstić information content (AvgIpc) is 2.93. The molecule has 0 radical (unpaired) electrons. The van der Waals surface area contributed by atoms with E-state index in [2.05, 4.69) is 15.0 Å². The standard InChI is InChI=1S/C19H25N5O3/c1-5-27-19(26)15-6-7-16(20-12-15)23-8-10-24(11-9-23)18(25)17-13(2)21-22(4)14(17)3/h6-7,12H,5,8-11H2,1-4H3. The summed E-state index contributed by atoms with van der Waals surface area (Å²) in [6.07, 6.45) is 1.53. The van der Waals surface area contributed by atoms with Gasteiger partial charge in [0.15, 0.2) is 0 Å². The van der Waals surface area contributed by atoms with Crippen LogP contribution in [-0.2, 0) is 11.8 Å². The highest BCUT2D eigenvalue weighted by atomic mass is 16.5. The fourth-order valence-electron chi connectivity index (χ4n) is 3.29. The van der Waals surface area contributed by atoms with Gasteiger partial charge in [0.25, 0.3) is 5.91 Å². The third-order valence-electron chi connectivity index (χ3n) is 4.87. The van der Waals surface area contributed by atoms with Crippen LogP contribution < -0.4 is 4.90 Å². The van der Waals surface area contributed by atoms with E-state index in [1.165, 1.54) is 6.20 Å². The first-order valence-electron chi connectivity index (χ1n) is 9.10. The van der Waals surface area contributed by atoms with Gasteiger partial charge in [-0.3, -0.25) is 9.48 Å². The van der Waals surface area contributed by atoms with Crippen molar-refractivity contribution in [2.75, 3.05) is 37.7 Å². The Morgan fingerprint density at radius 3 is 2.37 bits per heavy atom. The maximum absolute atomic E-state index is 12.9. The summed E-state index contributed by atoms with van der Waals surface area (Å²) in [4.78, 5) is 32.9. The second-order valence-corrected chi connectivity index (χ2v) is 6.57. The first kappa shape index (κ1) is 18.9. The summed E-state index contributed by atoms with van der Waals surface area (Å²) < 4.78 is 6.72. The first-order valence-corrected chi connectivity index (χ1v) is 9.10. The molecule has 0 bridgehead atoms. The Morgan fingerprint density at radius 2 is 1.85 bits per heavy atom. The maximum Gasteiger partial charge on any atom is 0.339 e. The van der Waals surface area contributed by atoms with Gasteiger partial charge in [0.05, 0.1) is 23.4 Å². The fraction of sp³-hybridized carbons (Fsp3) is 0.474. The number of aromatic nitrogens is 3. The van der Waals surface area contributed by atoms with Crippen molar-refractivity contribution < 1.29 is 14.3 Å². The minimum Gasteiger partial charge on any atom is -0.462 e. The molecule has 1 fully saturated rings. The van der Waals surface area contributed by atoms with Crippen molar-refractivity contribution in [3.05, 3.63) is 40.8 Å². The van der Waals surface area contributed by atoms with E-state index in [-0.39, 0.29) is 11.9 Å². The zero-order valence-corrected chi connectivity index (χ0v) is 16.2. The molecule has 1 saturated heterocycles. The van der Waals surface area contributed by atoms with Gasteiger partial charge >= 0.3 is 5.97 Å². The molecular weight excluding hydrogens is 346 g/mol. The van der Waals surface area contributed by atoms with Crippen LogP contribution in [0.3, 0.4) is 0 Å². The largest absolute Gasteiger partial charge is 0.462 e. The van der Waals surface area contributed by atoms with E-state index < -0.39 is 0 Å². The summed E-state index contributed by atoms with van der Waals surface area (Å²) in [6.45, 7) is 8.51. The minimum absolute atomic E-state index is 0.0309. The Bertz CT molecular complexity index is 836. The SMILES string of the molecule is CCOC(=O)c1ccc(N2CCN(C(=O)c3c(C)nn(C)c3C)CC2)nc1. The molecule has 0 aliphatic carbocycles. The maximum atomic E-state index is 12.9. The van der Waals surface area contributed by atoms with Crippen molar-refractivity contribution >= 4 is 17.7 Å². The number of carbonyl (C=O) groups is 2. The van der Waals surface area contributed by atoms with Crippen molar-refractivity contribution in [2.24, 2.45) is 7.05 Å². The van der Waals surface area contributed by atoms with Gasteiger partial charge in [0.2, 0.25) is 0 Å². The lowest BCUT2D eigenvalue weighted by Crippen LogP contribution is -2.49. The van der Waals surface area contributed by atoms with Gasteiger partial charge in [-0.25, -0.2) is 9.78 Å². The summed E-state index contributed by atoms with van der Waals surface area (Å²) in [5, 5.41) is 4.34. The van der Waals surface area contributed by atoms with E-state index in [1.807, 2.05) is 31.9 Å². The number of hydrogen-bond donors (Lipinski definition) is 0. The molecule has 0 saturated carbocycles. The monoisotopic (exact) mass is 371 g/mol. The number of nitrogens with zero attached hydrogens (tertiary/aromatic N) is 5. The molecule has 1 amide bonds. The number of amides is 1. The molecule has 2 aromatic heterocycles. The van der Waals surface area contributed by atoms with Crippen LogP contribution in [0.15, 0.2) is 18.3 Å². The Morgan fingerprint density at radius 1 is 1.15 bits per heavy atom. The molecule has 0 atom stereocenters. The highest BCUT2D eigenvalue weighted by molar-refractivity contribution is 5.96. The third kappa shape index (κ3) is 3.79. The smallest absolute Gasteiger partial charge is 0.339 e. The van der Waals surface area contributed by atoms with E-state index in [1.54, 1.807) is 17.7 Å². The molecule has 8 heteroatoms. The molecular formula is C19H25N5O3. The lowest BCUT2D eigenvalue weighted by Gasteiger charge is -2.35. The highest BCUT2D eigenvalue weighted by Crippen LogP contribution is 2.19. The van der Waals surface area contributed by atoms with Crippen LogP contribution in [-0.4, -0.2) is 64.3 Å². The second-order valence-electron chi connectivity index (χ2n) is 6.57. The summed E-state index contributed by atoms with van der Waals surface area (Å²) >= 11 is 0. The van der Waals surface area contributed by atoms with Crippen LogP contribution in [0, 0.1) is 13.8 Å². The van der Waals surface area contributed by atoms with Gasteiger partial charge in [-0.05, 0) is 32.9 Å². The molecule has 1 aliphatic heterocycles. The molecule has 0 N–H and O–H groups in total. The summed E-state index contributed by atoms with van der Waals surface area (Å²) in [6, 6.07) is 3.54. The highest BCUT2D eigenvalue weighted by Gasteiger charge is 2.26. The average molecular weight is 371 g/mol. The Balaban J connectivity index is 1.63. The molecule has 2 aromatic rings. The predicted molar refractivity (Wildman–Crippen MR) is 101 cm³/mol. The van der Waals surface area contributed by atoms with Crippen LogP contribution in [0.25, 0.3) is 0 Å². The number of rotatable bonds is 4. The molecule has 27 heavy (non-hydrogen) atoms. The predicted octanol–water partition coefficient (Wildman–Crippen LogP) is 1.57. The molecule has 144 valence electrons. The van der Waals surface area contributed by atoms with E-state index in [9.17, 15) is 9.59 Å². The summed E-state index contributed by atoms with van der Waals surface area (Å²) in [7, 11) is 1.85. The van der Waals surface area contributed by atoms with Gasteiger partial charge < -0.3 is 14.5 Å². The van der Waals surface area contributed by atoms with Crippen molar-refractivity contribution in [3.63, 3.8) is 0 Å². The van der Waals surface area contributed by atoms with E-state index in [4.69, 9.17) is 4.74 Å². The topological polar surface area (TPSA) is 80.6 Å². The molecule has 3 heterocycles. The van der Waals surface area contributed by atoms with Crippen molar-refractivity contribution in [3.8, 4) is 0 Å². The van der Waals surface area contributed by atoms with Crippen LogP contribution in [0.5, 0.6) is 0 Å². The quantitative estimate of drug-likeness (QED) is 0.759. The second kappa shape index (κ2) is 7.77. The van der Waals surface area contributed by atoms with Crippen LogP contribution in [0.1, 0.15) is 39.0 Å². The Labute approximate surface area is 158 Å². The van der Waals surface area contributed by atoms with E-state index in [0.29, 0.717) is 43.9 Å². The Kier molecular flexibility index (Phi) is 5.43.